The Morgan fingerprint density at radius 3 is 2.43 bits per heavy atom. The van der Waals surface area contributed by atoms with Crippen LogP contribution in [0.3, 0.4) is 0 Å². The topological polar surface area (TPSA) is 71.3 Å². The molecule has 122 valence electrons. The van der Waals surface area contributed by atoms with Crippen molar-refractivity contribution in [3.8, 4) is 11.3 Å². The van der Waals surface area contributed by atoms with Crippen molar-refractivity contribution in [3.05, 3.63) is 47.7 Å². The van der Waals surface area contributed by atoms with Crippen LogP contribution in [0, 0.1) is 5.92 Å². The number of rotatable bonds is 5. The summed E-state index contributed by atoms with van der Waals surface area (Å²) in [5.41, 5.74) is 1.50. The Morgan fingerprint density at radius 2 is 1.87 bits per heavy atom. The highest BCUT2D eigenvalue weighted by Gasteiger charge is 2.19. The number of amides is 1. The Bertz CT molecular complexity index is 690. The maximum Gasteiger partial charge on any atom is 0.287 e. The third-order valence-corrected chi connectivity index (χ3v) is 3.82. The highest BCUT2D eigenvalue weighted by Crippen LogP contribution is 2.22. The number of hydrogen-bond donors (Lipinski definition) is 2. The highest BCUT2D eigenvalue weighted by atomic mass is 35.5. The average Bonchev–Trinajstić information content (AvgIpc) is 2.95. The second-order valence-corrected chi connectivity index (χ2v) is 5.53. The predicted octanol–water partition coefficient (Wildman–Crippen LogP) is 2.52. The van der Waals surface area contributed by atoms with Gasteiger partial charge in [0.05, 0.1) is 0 Å². The molecule has 0 atom stereocenters. The van der Waals surface area contributed by atoms with Crippen LogP contribution in [-0.4, -0.2) is 31.3 Å². The minimum atomic E-state index is -0.196. The second kappa shape index (κ2) is 7.44. The number of halogens is 1. The van der Waals surface area contributed by atoms with Gasteiger partial charge in [0.15, 0.2) is 11.5 Å². The number of benzene rings is 1. The fourth-order valence-electron chi connectivity index (χ4n) is 2.30. The maximum absolute atomic E-state index is 12.0. The molecule has 1 aromatic heterocycles. The molecule has 5 nitrogen and oxygen atoms in total. The van der Waals surface area contributed by atoms with Crippen LogP contribution in [0.5, 0.6) is 0 Å². The monoisotopic (exact) mass is 334 g/mol. The van der Waals surface area contributed by atoms with Crippen molar-refractivity contribution in [2.45, 2.75) is 6.92 Å². The third kappa shape index (κ3) is 4.00. The zero-order chi connectivity index (χ0) is 15.5. The van der Waals surface area contributed by atoms with Gasteiger partial charge in [-0.2, -0.15) is 0 Å². The van der Waals surface area contributed by atoms with Crippen molar-refractivity contribution in [1.82, 2.24) is 10.6 Å². The number of furan rings is 1. The molecule has 1 aromatic carbocycles. The van der Waals surface area contributed by atoms with Gasteiger partial charge in [-0.25, -0.2) is 0 Å². The average molecular weight is 335 g/mol. The summed E-state index contributed by atoms with van der Waals surface area (Å²) < 4.78 is 5.60. The van der Waals surface area contributed by atoms with E-state index in [0.717, 1.165) is 18.7 Å². The molecule has 1 saturated heterocycles. The first kappa shape index (κ1) is 17.2. The van der Waals surface area contributed by atoms with Gasteiger partial charge >= 0.3 is 0 Å². The molecule has 3 rings (SSSR count). The highest BCUT2D eigenvalue weighted by molar-refractivity contribution is 5.94. The number of hydrogen-bond acceptors (Lipinski definition) is 4. The molecule has 1 aliphatic rings. The Kier molecular flexibility index (Phi) is 5.58. The molecule has 2 N–H and O–H groups in total. The van der Waals surface area contributed by atoms with E-state index >= 15 is 0 Å². The van der Waals surface area contributed by atoms with E-state index in [1.54, 1.807) is 24.3 Å². The van der Waals surface area contributed by atoms with Crippen molar-refractivity contribution >= 4 is 24.1 Å². The fraction of sp³-hybridized carbons (Fsp3) is 0.294. The smallest absolute Gasteiger partial charge is 0.287 e. The summed E-state index contributed by atoms with van der Waals surface area (Å²) >= 11 is 0. The number of nitrogens with one attached hydrogen (secondary N) is 2. The molecule has 1 aliphatic heterocycles. The molecule has 0 unspecified atom stereocenters. The minimum Gasteiger partial charge on any atom is -0.451 e. The number of Topliss-reactive ketones (excluding diaryl/α,β-unsaturated/α-hetero) is 1. The van der Waals surface area contributed by atoms with Crippen molar-refractivity contribution in [2.75, 3.05) is 19.6 Å². The maximum atomic E-state index is 12.0. The summed E-state index contributed by atoms with van der Waals surface area (Å²) in [6.45, 7) is 4.09. The van der Waals surface area contributed by atoms with E-state index in [0.29, 0.717) is 29.5 Å². The standard InChI is InChI=1S/C17H18N2O3.ClH/c1-11(20)13-2-4-14(5-3-13)15-6-7-16(22-15)17(21)19-10-12-8-18-9-12;/h2-7,12,18H,8-10H2,1H3,(H,19,21);1H. The van der Waals surface area contributed by atoms with Crippen LogP contribution < -0.4 is 10.6 Å². The lowest BCUT2D eigenvalue weighted by atomic mass is 10.0. The van der Waals surface area contributed by atoms with E-state index in [1.165, 1.54) is 6.92 Å². The van der Waals surface area contributed by atoms with E-state index in [2.05, 4.69) is 10.6 Å². The summed E-state index contributed by atoms with van der Waals surface area (Å²) in [4.78, 5) is 23.3. The van der Waals surface area contributed by atoms with Gasteiger partial charge < -0.3 is 15.1 Å². The van der Waals surface area contributed by atoms with Crippen LogP contribution in [0.25, 0.3) is 11.3 Å². The third-order valence-electron chi connectivity index (χ3n) is 3.82. The Hall–Kier alpha value is -2.11. The van der Waals surface area contributed by atoms with Gasteiger partial charge in [-0.1, -0.05) is 24.3 Å². The summed E-state index contributed by atoms with van der Waals surface area (Å²) in [7, 11) is 0. The predicted molar refractivity (Wildman–Crippen MR) is 90.1 cm³/mol. The van der Waals surface area contributed by atoms with E-state index in [-0.39, 0.29) is 24.1 Å². The van der Waals surface area contributed by atoms with E-state index in [4.69, 9.17) is 4.42 Å². The van der Waals surface area contributed by atoms with Gasteiger partial charge in [-0.3, -0.25) is 9.59 Å². The second-order valence-electron chi connectivity index (χ2n) is 5.53. The lowest BCUT2D eigenvalue weighted by molar-refractivity contribution is 0.0914. The Balaban J connectivity index is 0.00000192. The molecule has 1 fully saturated rings. The lowest BCUT2D eigenvalue weighted by Gasteiger charge is -2.26. The molecule has 0 radical (unpaired) electrons. The van der Waals surface area contributed by atoms with E-state index in [1.807, 2.05) is 12.1 Å². The van der Waals surface area contributed by atoms with Gasteiger partial charge in [0.1, 0.15) is 5.76 Å². The molecule has 0 saturated carbocycles. The largest absolute Gasteiger partial charge is 0.451 e. The number of carbonyl (C=O) groups excluding carboxylic acids is 2. The zero-order valence-electron chi connectivity index (χ0n) is 12.8. The molecule has 23 heavy (non-hydrogen) atoms. The molecule has 6 heteroatoms. The molecular weight excluding hydrogens is 316 g/mol. The van der Waals surface area contributed by atoms with Crippen LogP contribution >= 0.6 is 12.4 Å². The summed E-state index contributed by atoms with van der Waals surface area (Å²) in [6.07, 6.45) is 0. The van der Waals surface area contributed by atoms with Crippen LogP contribution in [0.15, 0.2) is 40.8 Å². The molecule has 0 aliphatic carbocycles. The minimum absolute atomic E-state index is 0. The summed E-state index contributed by atoms with van der Waals surface area (Å²) in [5.74, 6) is 1.26. The normalized spacial score (nSPS) is 13.8. The lowest BCUT2D eigenvalue weighted by Crippen LogP contribution is -2.48. The van der Waals surface area contributed by atoms with Crippen molar-refractivity contribution in [2.24, 2.45) is 5.92 Å². The van der Waals surface area contributed by atoms with E-state index in [9.17, 15) is 9.59 Å². The van der Waals surface area contributed by atoms with Crippen LogP contribution in [0.4, 0.5) is 0 Å². The fourth-order valence-corrected chi connectivity index (χ4v) is 2.30. The Labute approximate surface area is 140 Å². The SMILES string of the molecule is CC(=O)c1ccc(-c2ccc(C(=O)NCC3CNC3)o2)cc1.Cl. The van der Waals surface area contributed by atoms with Gasteiger partial charge in [0.25, 0.3) is 5.91 Å². The van der Waals surface area contributed by atoms with Crippen LogP contribution in [0.2, 0.25) is 0 Å². The zero-order valence-corrected chi connectivity index (χ0v) is 13.6. The molecule has 0 spiro atoms. The summed E-state index contributed by atoms with van der Waals surface area (Å²) in [6, 6.07) is 10.6. The molecule has 2 heterocycles. The molecule has 0 bridgehead atoms. The number of carbonyl (C=O) groups is 2. The molecular formula is C17H19ClN2O3. The summed E-state index contributed by atoms with van der Waals surface area (Å²) in [5, 5.41) is 6.04. The first-order valence-electron chi connectivity index (χ1n) is 7.33. The first-order chi connectivity index (χ1) is 10.6. The number of ketones is 1. The van der Waals surface area contributed by atoms with Crippen molar-refractivity contribution in [1.29, 1.82) is 0 Å². The van der Waals surface area contributed by atoms with Gasteiger partial charge in [0.2, 0.25) is 0 Å². The van der Waals surface area contributed by atoms with Gasteiger partial charge in [0, 0.05) is 36.7 Å². The van der Waals surface area contributed by atoms with Crippen molar-refractivity contribution in [3.63, 3.8) is 0 Å². The quantitative estimate of drug-likeness (QED) is 0.824. The Morgan fingerprint density at radius 1 is 1.17 bits per heavy atom. The van der Waals surface area contributed by atoms with Gasteiger partial charge in [-0.15, -0.1) is 12.4 Å². The molecule has 1 amide bonds. The first-order valence-corrected chi connectivity index (χ1v) is 7.33. The van der Waals surface area contributed by atoms with Crippen LogP contribution in [0.1, 0.15) is 27.8 Å². The molecule has 2 aromatic rings. The van der Waals surface area contributed by atoms with Crippen LogP contribution in [-0.2, 0) is 0 Å². The van der Waals surface area contributed by atoms with Crippen molar-refractivity contribution < 1.29 is 14.0 Å². The van der Waals surface area contributed by atoms with E-state index < -0.39 is 0 Å². The van der Waals surface area contributed by atoms with Gasteiger partial charge in [-0.05, 0) is 19.1 Å².